The van der Waals surface area contributed by atoms with Gasteiger partial charge in [-0.15, -0.1) is 0 Å². The van der Waals surface area contributed by atoms with Crippen molar-refractivity contribution in [2.24, 2.45) is 0 Å². The van der Waals surface area contributed by atoms with Gasteiger partial charge >= 0.3 is 0 Å². The van der Waals surface area contributed by atoms with Crippen molar-refractivity contribution in [3.63, 3.8) is 0 Å². The number of hydrogen-bond acceptors (Lipinski definition) is 6. The van der Waals surface area contributed by atoms with Crippen LogP contribution >= 0.6 is 0 Å². The van der Waals surface area contributed by atoms with Crippen molar-refractivity contribution in [1.29, 1.82) is 0 Å². The van der Waals surface area contributed by atoms with Crippen molar-refractivity contribution in [3.05, 3.63) is 66.2 Å². The molecule has 32 heavy (non-hydrogen) atoms. The zero-order chi connectivity index (χ0) is 21.7. The number of anilines is 1. The van der Waals surface area contributed by atoms with E-state index in [9.17, 15) is 5.11 Å². The van der Waals surface area contributed by atoms with E-state index in [1.54, 1.807) is 0 Å². The molecule has 7 nitrogen and oxygen atoms in total. The molecule has 1 fully saturated rings. The van der Waals surface area contributed by atoms with E-state index in [1.165, 1.54) is 5.56 Å². The van der Waals surface area contributed by atoms with Crippen LogP contribution in [0.5, 0.6) is 0 Å². The Morgan fingerprint density at radius 2 is 1.72 bits per heavy atom. The van der Waals surface area contributed by atoms with Gasteiger partial charge in [-0.2, -0.15) is 0 Å². The molecule has 0 radical (unpaired) electrons. The van der Waals surface area contributed by atoms with Crippen LogP contribution in [0, 0.1) is 0 Å². The number of hydrogen-bond donors (Lipinski definition) is 1. The van der Waals surface area contributed by atoms with Crippen LogP contribution in [-0.2, 0) is 12.0 Å². The molecule has 0 spiro atoms. The molecule has 0 amide bonds. The minimum Gasteiger partial charge on any atom is -0.393 e. The number of rotatable bonds is 3. The van der Waals surface area contributed by atoms with Crippen molar-refractivity contribution < 1.29 is 5.11 Å². The molecule has 0 aliphatic carbocycles. The Balaban J connectivity index is 1.36. The van der Waals surface area contributed by atoms with Crippen LogP contribution in [-0.4, -0.2) is 48.8 Å². The monoisotopic (exact) mass is 426 g/mol. The summed E-state index contributed by atoms with van der Waals surface area (Å²) in [5, 5.41) is 9.73. The summed E-state index contributed by atoms with van der Waals surface area (Å²) in [6.45, 7) is 3.84. The highest BCUT2D eigenvalue weighted by atomic mass is 16.3. The Hall–Kier alpha value is -3.32. The van der Waals surface area contributed by atoms with E-state index in [-0.39, 0.29) is 11.6 Å². The van der Waals surface area contributed by atoms with Crippen LogP contribution in [0.4, 0.5) is 5.95 Å². The molecule has 2 aliphatic rings. The molecule has 1 atom stereocenters. The highest BCUT2D eigenvalue weighted by molar-refractivity contribution is 5.77. The molecule has 0 saturated carbocycles. The first-order valence-electron chi connectivity index (χ1n) is 11.3. The second-order valence-electron chi connectivity index (χ2n) is 9.03. The molecule has 4 aromatic rings. The molecule has 3 aromatic heterocycles. The summed E-state index contributed by atoms with van der Waals surface area (Å²) in [5.74, 6) is 1.80. The van der Waals surface area contributed by atoms with Crippen LogP contribution in [0.1, 0.15) is 37.6 Å². The van der Waals surface area contributed by atoms with Crippen LogP contribution in [0.15, 0.2) is 54.9 Å². The van der Waals surface area contributed by atoms with Gasteiger partial charge in [-0.1, -0.05) is 30.3 Å². The smallest absolute Gasteiger partial charge is 0.225 e. The van der Waals surface area contributed by atoms with Gasteiger partial charge in [0.25, 0.3) is 0 Å². The van der Waals surface area contributed by atoms with Gasteiger partial charge < -0.3 is 14.6 Å². The Morgan fingerprint density at radius 3 is 2.47 bits per heavy atom. The van der Waals surface area contributed by atoms with E-state index in [1.807, 2.05) is 24.5 Å². The third kappa shape index (κ3) is 3.07. The molecule has 1 aromatic carbocycles. The van der Waals surface area contributed by atoms with Gasteiger partial charge in [-0.25, -0.2) is 19.9 Å². The topological polar surface area (TPSA) is 80.0 Å². The number of piperidine rings is 1. The van der Waals surface area contributed by atoms with Gasteiger partial charge in [0.2, 0.25) is 5.95 Å². The first-order valence-corrected chi connectivity index (χ1v) is 11.3. The largest absolute Gasteiger partial charge is 0.393 e. The van der Waals surface area contributed by atoms with Crippen LogP contribution in [0.3, 0.4) is 0 Å². The number of pyridine rings is 1. The number of aliphatic hydroxyl groups is 1. The first-order chi connectivity index (χ1) is 15.6. The van der Waals surface area contributed by atoms with Gasteiger partial charge in [0.15, 0.2) is 5.65 Å². The zero-order valence-corrected chi connectivity index (χ0v) is 18.1. The number of nitrogens with zero attached hydrogens (tertiary/aromatic N) is 6. The van der Waals surface area contributed by atoms with Crippen LogP contribution in [0.2, 0.25) is 0 Å². The molecule has 5 heterocycles. The van der Waals surface area contributed by atoms with E-state index < -0.39 is 0 Å². The zero-order valence-electron chi connectivity index (χ0n) is 18.1. The maximum absolute atomic E-state index is 9.73. The fourth-order valence-electron chi connectivity index (χ4n) is 5.07. The maximum atomic E-state index is 9.73. The van der Waals surface area contributed by atoms with E-state index in [2.05, 4.69) is 56.7 Å². The van der Waals surface area contributed by atoms with Gasteiger partial charge in [0, 0.05) is 37.5 Å². The van der Waals surface area contributed by atoms with Gasteiger partial charge in [-0.05, 0) is 43.9 Å². The molecule has 0 bridgehead atoms. The third-order valence-electron chi connectivity index (χ3n) is 6.98. The molecule has 1 saturated heterocycles. The van der Waals surface area contributed by atoms with Gasteiger partial charge in [0.1, 0.15) is 11.3 Å². The summed E-state index contributed by atoms with van der Waals surface area (Å²) >= 11 is 0. The summed E-state index contributed by atoms with van der Waals surface area (Å²) < 4.78 is 2.31. The van der Waals surface area contributed by atoms with Crippen LogP contribution in [0.25, 0.3) is 22.4 Å². The van der Waals surface area contributed by atoms with E-state index in [4.69, 9.17) is 9.97 Å². The highest BCUT2D eigenvalue weighted by Crippen LogP contribution is 2.40. The van der Waals surface area contributed by atoms with Crippen molar-refractivity contribution in [3.8, 4) is 11.3 Å². The molecule has 162 valence electrons. The summed E-state index contributed by atoms with van der Waals surface area (Å²) in [6.07, 6.45) is 6.97. The van der Waals surface area contributed by atoms with Crippen molar-refractivity contribution in [1.82, 2.24) is 24.5 Å². The third-order valence-corrected chi connectivity index (χ3v) is 6.98. The standard InChI is InChI=1S/C25H26N6O/c1-25(18-5-3-2-4-6-18)12-9-22-28-21-8-7-20(29-23(21)31(22)25)17-15-26-24(27-16-17)30-13-10-19(32)11-14-30/h2-8,15-16,19,32H,9-14H2,1H3/t25-/m1/s1. The number of benzene rings is 1. The summed E-state index contributed by atoms with van der Waals surface area (Å²) in [7, 11) is 0. The Bertz CT molecular complexity index is 1260. The number of aryl methyl sites for hydroxylation is 1. The summed E-state index contributed by atoms with van der Waals surface area (Å²) in [6, 6.07) is 14.7. The van der Waals surface area contributed by atoms with Crippen molar-refractivity contribution in [2.45, 2.75) is 44.2 Å². The molecular formula is C25H26N6O. The van der Waals surface area contributed by atoms with Crippen LogP contribution < -0.4 is 4.90 Å². The molecule has 1 N–H and O–H groups in total. The predicted octanol–water partition coefficient (Wildman–Crippen LogP) is 3.56. The second kappa shape index (κ2) is 7.38. The number of fused-ring (bicyclic) bond motifs is 3. The molecule has 6 rings (SSSR count). The van der Waals surface area contributed by atoms with Gasteiger partial charge in [-0.3, -0.25) is 0 Å². The maximum Gasteiger partial charge on any atom is 0.225 e. The molecule has 2 aliphatic heterocycles. The van der Waals surface area contributed by atoms with Crippen molar-refractivity contribution >= 4 is 17.1 Å². The Labute approximate surface area is 186 Å². The van der Waals surface area contributed by atoms with E-state index in [0.717, 1.165) is 67.0 Å². The number of aliphatic hydroxyl groups excluding tert-OH is 1. The molecule has 0 unspecified atom stereocenters. The lowest BCUT2D eigenvalue weighted by molar-refractivity contribution is 0.145. The highest BCUT2D eigenvalue weighted by Gasteiger charge is 2.38. The predicted molar refractivity (Wildman–Crippen MR) is 124 cm³/mol. The van der Waals surface area contributed by atoms with Gasteiger partial charge in [0.05, 0.1) is 17.3 Å². The Kier molecular flexibility index (Phi) is 4.47. The fraction of sp³-hybridized carbons (Fsp3) is 0.360. The number of imidazole rings is 1. The lowest BCUT2D eigenvalue weighted by Crippen LogP contribution is -2.36. The molecule has 7 heteroatoms. The quantitative estimate of drug-likeness (QED) is 0.540. The minimum absolute atomic E-state index is 0.157. The lowest BCUT2D eigenvalue weighted by Gasteiger charge is -2.29. The molecular weight excluding hydrogens is 400 g/mol. The van der Waals surface area contributed by atoms with E-state index >= 15 is 0 Å². The summed E-state index contributed by atoms with van der Waals surface area (Å²) in [5.41, 5.74) is 4.71. The lowest BCUT2D eigenvalue weighted by atomic mass is 9.90. The normalized spacial score (nSPS) is 21.2. The minimum atomic E-state index is -0.208. The van der Waals surface area contributed by atoms with Crippen molar-refractivity contribution in [2.75, 3.05) is 18.0 Å². The first kappa shape index (κ1) is 19.4. The fourth-order valence-corrected chi connectivity index (χ4v) is 5.07. The average molecular weight is 427 g/mol. The SMILES string of the molecule is C[C@]1(c2ccccc2)CCc2nc3ccc(-c4cnc(N5CCC(O)CC5)nc4)nc3n21. The Morgan fingerprint density at radius 1 is 0.969 bits per heavy atom. The summed E-state index contributed by atoms with van der Waals surface area (Å²) in [4.78, 5) is 21.2. The van der Waals surface area contributed by atoms with E-state index in [0.29, 0.717) is 5.95 Å². The average Bonchev–Trinajstić information content (AvgIpc) is 3.38. The second-order valence-corrected chi connectivity index (χ2v) is 9.03. The number of aromatic nitrogens is 5.